The van der Waals surface area contributed by atoms with E-state index in [1.807, 2.05) is 38.1 Å². The molecule has 0 spiro atoms. The van der Waals surface area contributed by atoms with Gasteiger partial charge in [0.25, 0.3) is 0 Å². The van der Waals surface area contributed by atoms with Crippen LogP contribution in [-0.2, 0) is 10.2 Å². The van der Waals surface area contributed by atoms with E-state index >= 15 is 0 Å². The van der Waals surface area contributed by atoms with Crippen LogP contribution >= 0.6 is 11.6 Å². The Bertz CT molecular complexity index is 1090. The van der Waals surface area contributed by atoms with Crippen molar-refractivity contribution in [1.29, 1.82) is 0 Å². The molecule has 4 nitrogen and oxygen atoms in total. The van der Waals surface area contributed by atoms with E-state index in [-0.39, 0.29) is 5.91 Å². The van der Waals surface area contributed by atoms with E-state index < -0.39 is 5.41 Å². The Labute approximate surface area is 150 Å². The lowest BCUT2D eigenvalue weighted by atomic mass is 9.86. The second-order valence-corrected chi connectivity index (χ2v) is 6.86. The van der Waals surface area contributed by atoms with Crippen LogP contribution in [0.25, 0.3) is 10.8 Å². The van der Waals surface area contributed by atoms with E-state index in [1.54, 1.807) is 18.5 Å². The first-order valence-corrected chi connectivity index (χ1v) is 8.21. The highest BCUT2D eigenvalue weighted by molar-refractivity contribution is 6.30. The summed E-state index contributed by atoms with van der Waals surface area (Å²) in [5.41, 5.74) is 2.76. The van der Waals surface area contributed by atoms with Gasteiger partial charge in [0.15, 0.2) is 0 Å². The molecule has 25 heavy (non-hydrogen) atoms. The summed E-state index contributed by atoms with van der Waals surface area (Å²) in [4.78, 5) is 20.5. The van der Waals surface area contributed by atoms with Gasteiger partial charge < -0.3 is 5.32 Å². The summed E-state index contributed by atoms with van der Waals surface area (Å²) in [6.45, 7) is 3.83. The Hall–Kier alpha value is -2.90. The maximum Gasteiger partial charge on any atom is 0.234 e. The number of rotatable bonds is 0. The lowest BCUT2D eigenvalue weighted by Gasteiger charge is -2.14. The van der Waals surface area contributed by atoms with Gasteiger partial charge in [0, 0.05) is 34.4 Å². The van der Waals surface area contributed by atoms with E-state index in [2.05, 4.69) is 27.1 Å². The molecule has 1 N–H and O–H groups in total. The normalized spacial score (nSPS) is 14.6. The first-order valence-electron chi connectivity index (χ1n) is 7.83. The summed E-state index contributed by atoms with van der Waals surface area (Å²) in [6.07, 6.45) is 3.41. The number of fused-ring (bicyclic) bond motifs is 2. The maximum absolute atomic E-state index is 12.0. The van der Waals surface area contributed by atoms with Crippen LogP contribution in [0.4, 0.5) is 5.69 Å². The van der Waals surface area contributed by atoms with Crippen molar-refractivity contribution in [3.05, 3.63) is 64.7 Å². The lowest BCUT2D eigenvalue weighted by molar-refractivity contribution is -0.119. The molecule has 0 fully saturated rings. The Balaban J connectivity index is 1.75. The molecular weight excluding hydrogens is 334 g/mol. The summed E-state index contributed by atoms with van der Waals surface area (Å²) in [5, 5.41) is 5.13. The van der Waals surface area contributed by atoms with E-state index in [0.717, 1.165) is 27.6 Å². The van der Waals surface area contributed by atoms with Gasteiger partial charge in [-0.05, 0) is 49.6 Å². The fourth-order valence-corrected chi connectivity index (χ4v) is 3.10. The molecule has 0 radical (unpaired) electrons. The number of anilines is 1. The van der Waals surface area contributed by atoms with Gasteiger partial charge in [0.2, 0.25) is 5.91 Å². The number of nitrogens with zero attached hydrogens (tertiary/aromatic N) is 2. The zero-order valence-corrected chi connectivity index (χ0v) is 14.5. The number of carbonyl (C=O) groups is 1. The van der Waals surface area contributed by atoms with E-state index in [1.165, 1.54) is 0 Å². The Morgan fingerprint density at radius 2 is 1.96 bits per heavy atom. The molecule has 5 heteroatoms. The first kappa shape index (κ1) is 15.6. The number of hydrogen-bond donors (Lipinski definition) is 1. The van der Waals surface area contributed by atoms with Crippen LogP contribution in [0.3, 0.4) is 0 Å². The van der Waals surface area contributed by atoms with Crippen molar-refractivity contribution in [3.8, 4) is 11.8 Å². The standard InChI is InChI=1S/C20H14ClN3O/c1-20(2)15-5-3-12(9-17(15)24-19(20)25)4-6-16-14-10-18(21)23-11-13(14)7-8-22-16/h3,5,7-11H,1-2H3,(H,24,25). The van der Waals surface area contributed by atoms with Crippen molar-refractivity contribution in [3.63, 3.8) is 0 Å². The van der Waals surface area contributed by atoms with Crippen molar-refractivity contribution in [1.82, 2.24) is 9.97 Å². The molecule has 3 heterocycles. The molecule has 1 aliphatic heterocycles. The number of amides is 1. The molecule has 122 valence electrons. The minimum absolute atomic E-state index is 0.00507. The average molecular weight is 348 g/mol. The number of pyridine rings is 2. The van der Waals surface area contributed by atoms with Gasteiger partial charge in [-0.2, -0.15) is 0 Å². The first-order chi connectivity index (χ1) is 11.9. The highest BCUT2D eigenvalue weighted by Gasteiger charge is 2.38. The van der Waals surface area contributed by atoms with Crippen LogP contribution in [0.1, 0.15) is 30.7 Å². The minimum Gasteiger partial charge on any atom is -0.325 e. The van der Waals surface area contributed by atoms with Gasteiger partial charge >= 0.3 is 0 Å². The summed E-state index contributed by atoms with van der Waals surface area (Å²) < 4.78 is 0. The van der Waals surface area contributed by atoms with E-state index in [9.17, 15) is 4.79 Å². The molecule has 0 unspecified atom stereocenters. The summed E-state index contributed by atoms with van der Waals surface area (Å²) in [6, 6.07) is 9.41. The third kappa shape index (κ3) is 2.63. The van der Waals surface area contributed by atoms with Gasteiger partial charge in [-0.25, -0.2) is 9.97 Å². The highest BCUT2D eigenvalue weighted by atomic mass is 35.5. The van der Waals surface area contributed by atoms with E-state index in [0.29, 0.717) is 10.8 Å². The average Bonchev–Trinajstić information content (AvgIpc) is 2.82. The van der Waals surface area contributed by atoms with Crippen LogP contribution in [0.5, 0.6) is 0 Å². The van der Waals surface area contributed by atoms with E-state index in [4.69, 9.17) is 11.6 Å². The monoisotopic (exact) mass is 347 g/mol. The molecule has 0 aliphatic carbocycles. The van der Waals surface area contributed by atoms with Crippen LogP contribution in [0.15, 0.2) is 42.7 Å². The zero-order valence-electron chi connectivity index (χ0n) is 13.7. The third-order valence-electron chi connectivity index (χ3n) is 4.45. The zero-order chi connectivity index (χ0) is 17.6. The van der Waals surface area contributed by atoms with Crippen LogP contribution in [0.2, 0.25) is 5.15 Å². The number of benzene rings is 1. The van der Waals surface area contributed by atoms with Gasteiger partial charge in [-0.1, -0.05) is 23.6 Å². The van der Waals surface area contributed by atoms with Crippen LogP contribution < -0.4 is 5.32 Å². The van der Waals surface area contributed by atoms with Crippen LogP contribution in [0, 0.1) is 11.8 Å². The lowest BCUT2D eigenvalue weighted by Crippen LogP contribution is -2.26. The number of hydrogen-bond acceptors (Lipinski definition) is 3. The number of aromatic nitrogens is 2. The molecule has 1 amide bonds. The minimum atomic E-state index is -0.512. The summed E-state index contributed by atoms with van der Waals surface area (Å²) >= 11 is 5.98. The largest absolute Gasteiger partial charge is 0.325 e. The Morgan fingerprint density at radius 3 is 2.80 bits per heavy atom. The molecule has 2 aromatic heterocycles. The molecule has 4 rings (SSSR count). The smallest absolute Gasteiger partial charge is 0.234 e. The predicted octanol–water partition coefficient (Wildman–Crippen LogP) is 3.91. The summed E-state index contributed by atoms with van der Waals surface area (Å²) in [5.74, 6) is 6.22. The molecule has 3 aromatic rings. The number of nitrogens with one attached hydrogen (secondary N) is 1. The van der Waals surface area contributed by atoms with Crippen molar-refractivity contribution in [2.24, 2.45) is 0 Å². The molecular formula is C20H14ClN3O. The second-order valence-electron chi connectivity index (χ2n) is 6.48. The van der Waals surface area contributed by atoms with Crippen LogP contribution in [-0.4, -0.2) is 15.9 Å². The van der Waals surface area contributed by atoms with Crippen molar-refractivity contribution >= 4 is 34.0 Å². The summed E-state index contributed by atoms with van der Waals surface area (Å²) in [7, 11) is 0. The van der Waals surface area contributed by atoms with Gasteiger partial charge in [0.05, 0.1) is 5.41 Å². The number of halogens is 1. The number of carbonyl (C=O) groups excluding carboxylic acids is 1. The SMILES string of the molecule is CC1(C)C(=O)Nc2cc(C#Cc3nccc4cnc(Cl)cc34)ccc21. The van der Waals surface area contributed by atoms with Gasteiger partial charge in [0.1, 0.15) is 10.8 Å². The van der Waals surface area contributed by atoms with Gasteiger partial charge in [-0.3, -0.25) is 4.79 Å². The highest BCUT2D eigenvalue weighted by Crippen LogP contribution is 2.37. The molecule has 1 aromatic carbocycles. The topological polar surface area (TPSA) is 54.9 Å². The van der Waals surface area contributed by atoms with Crippen molar-refractivity contribution in [2.75, 3.05) is 5.32 Å². The van der Waals surface area contributed by atoms with Crippen molar-refractivity contribution in [2.45, 2.75) is 19.3 Å². The fraction of sp³-hybridized carbons (Fsp3) is 0.150. The Morgan fingerprint density at radius 1 is 1.12 bits per heavy atom. The molecule has 0 saturated carbocycles. The van der Waals surface area contributed by atoms with Crippen molar-refractivity contribution < 1.29 is 4.79 Å². The molecule has 1 aliphatic rings. The fourth-order valence-electron chi connectivity index (χ4n) is 2.94. The third-order valence-corrected chi connectivity index (χ3v) is 4.65. The molecule has 0 saturated heterocycles. The quantitative estimate of drug-likeness (QED) is 0.495. The molecule has 0 atom stereocenters. The second kappa shape index (κ2) is 5.58. The Kier molecular flexibility index (Phi) is 3.48. The van der Waals surface area contributed by atoms with Gasteiger partial charge in [-0.15, -0.1) is 0 Å². The maximum atomic E-state index is 12.0. The molecule has 0 bridgehead atoms. The predicted molar refractivity (Wildman–Crippen MR) is 98.6 cm³/mol.